The third-order valence-electron chi connectivity index (χ3n) is 7.08. The van der Waals surface area contributed by atoms with Gasteiger partial charge in [-0.1, -0.05) is 12.1 Å². The van der Waals surface area contributed by atoms with E-state index in [2.05, 4.69) is 5.32 Å². The molecule has 0 bridgehead atoms. The van der Waals surface area contributed by atoms with Crippen molar-refractivity contribution in [1.82, 2.24) is 4.90 Å². The first kappa shape index (κ1) is 24.2. The quantitative estimate of drug-likeness (QED) is 0.476. The SMILES string of the molecule is C[C@H]1[C@@H](O)[C@@H](O)[C@H](O)CN1C(=O)c1ccc(C2=CC(=C3C(=O)Nc4cc(F)ccc43)OC2(C)C)cc1. The Kier molecular flexibility index (Phi) is 5.74. The summed E-state index contributed by atoms with van der Waals surface area (Å²) in [4.78, 5) is 27.1. The van der Waals surface area contributed by atoms with Crippen LogP contribution in [0.25, 0.3) is 11.1 Å². The molecule has 0 unspecified atom stereocenters. The lowest BCUT2D eigenvalue weighted by Crippen LogP contribution is -2.61. The third-order valence-corrected chi connectivity index (χ3v) is 7.08. The highest BCUT2D eigenvalue weighted by Crippen LogP contribution is 2.44. The van der Waals surface area contributed by atoms with Gasteiger partial charge in [0.2, 0.25) is 0 Å². The number of aliphatic hydroxyl groups excluding tert-OH is 3. The second-order valence-corrected chi connectivity index (χ2v) is 9.88. The van der Waals surface area contributed by atoms with Crippen molar-refractivity contribution >= 4 is 28.6 Å². The highest BCUT2D eigenvalue weighted by atomic mass is 19.1. The van der Waals surface area contributed by atoms with Crippen molar-refractivity contribution in [2.75, 3.05) is 11.9 Å². The summed E-state index contributed by atoms with van der Waals surface area (Å²) in [5.41, 5.74) is 2.46. The Labute approximate surface area is 207 Å². The molecule has 0 aromatic heterocycles. The minimum Gasteiger partial charge on any atom is -0.482 e. The molecule has 2 aromatic carbocycles. The number of piperidine rings is 1. The minimum atomic E-state index is -1.31. The number of hydrogen-bond acceptors (Lipinski definition) is 6. The van der Waals surface area contributed by atoms with Crippen molar-refractivity contribution in [3.05, 3.63) is 76.8 Å². The van der Waals surface area contributed by atoms with Gasteiger partial charge in [0.05, 0.1) is 17.3 Å². The molecule has 4 atom stereocenters. The lowest BCUT2D eigenvalue weighted by Gasteiger charge is -2.42. The summed E-state index contributed by atoms with van der Waals surface area (Å²) < 4.78 is 19.8. The summed E-state index contributed by atoms with van der Waals surface area (Å²) in [6.07, 6.45) is -2.01. The van der Waals surface area contributed by atoms with Gasteiger partial charge in [0, 0.05) is 23.2 Å². The van der Waals surface area contributed by atoms with Crippen LogP contribution in [0.3, 0.4) is 0 Å². The van der Waals surface area contributed by atoms with Crippen LogP contribution in [0.1, 0.15) is 42.3 Å². The van der Waals surface area contributed by atoms with Crippen LogP contribution in [0.2, 0.25) is 0 Å². The molecule has 8 nitrogen and oxygen atoms in total. The lowest BCUT2D eigenvalue weighted by molar-refractivity contribution is -0.123. The molecule has 3 aliphatic heterocycles. The summed E-state index contributed by atoms with van der Waals surface area (Å²) in [5, 5.41) is 32.7. The van der Waals surface area contributed by atoms with Gasteiger partial charge in [-0.25, -0.2) is 4.39 Å². The average Bonchev–Trinajstić information content (AvgIpc) is 3.33. The fourth-order valence-corrected chi connectivity index (χ4v) is 5.01. The summed E-state index contributed by atoms with van der Waals surface area (Å²) in [7, 11) is 0. The number of carbonyl (C=O) groups excluding carboxylic acids is 2. The Balaban J connectivity index is 1.45. The van der Waals surface area contributed by atoms with E-state index in [1.165, 1.54) is 17.0 Å². The molecule has 188 valence electrons. The molecule has 36 heavy (non-hydrogen) atoms. The van der Waals surface area contributed by atoms with E-state index >= 15 is 0 Å². The Hall–Kier alpha value is -3.53. The van der Waals surface area contributed by atoms with Gasteiger partial charge in [0.1, 0.15) is 35.5 Å². The summed E-state index contributed by atoms with van der Waals surface area (Å²) >= 11 is 0. The number of aliphatic hydroxyl groups is 3. The molecule has 0 saturated carbocycles. The number of rotatable bonds is 2. The molecule has 5 rings (SSSR count). The number of β-amino-alcohol motifs (C(OH)–C–C–N with tert-alkyl or cyclic N) is 1. The molecule has 0 aliphatic carbocycles. The van der Waals surface area contributed by atoms with Gasteiger partial charge in [-0.2, -0.15) is 0 Å². The zero-order chi connectivity index (χ0) is 25.9. The summed E-state index contributed by atoms with van der Waals surface area (Å²) in [6.45, 7) is 5.27. The molecule has 1 fully saturated rings. The van der Waals surface area contributed by atoms with Crippen molar-refractivity contribution < 1.29 is 34.0 Å². The van der Waals surface area contributed by atoms with Crippen molar-refractivity contribution in [2.24, 2.45) is 0 Å². The van der Waals surface area contributed by atoms with E-state index in [0.717, 1.165) is 11.1 Å². The first-order chi connectivity index (χ1) is 17.0. The molecular formula is C27H27FN2O6. The van der Waals surface area contributed by atoms with Gasteiger partial charge in [-0.05, 0) is 62.7 Å². The fourth-order valence-electron chi connectivity index (χ4n) is 5.01. The van der Waals surface area contributed by atoms with Gasteiger partial charge in [-0.15, -0.1) is 0 Å². The average molecular weight is 495 g/mol. The first-order valence-electron chi connectivity index (χ1n) is 11.7. The largest absolute Gasteiger partial charge is 0.482 e. The van der Waals surface area contributed by atoms with Crippen LogP contribution in [0.5, 0.6) is 0 Å². The molecule has 0 radical (unpaired) electrons. The van der Waals surface area contributed by atoms with E-state index in [0.29, 0.717) is 28.1 Å². The van der Waals surface area contributed by atoms with Crippen LogP contribution in [-0.4, -0.2) is 68.5 Å². The second-order valence-electron chi connectivity index (χ2n) is 9.88. The zero-order valence-corrected chi connectivity index (χ0v) is 20.0. The number of ether oxygens (including phenoxy) is 1. The number of allylic oxidation sites excluding steroid dienone is 1. The van der Waals surface area contributed by atoms with E-state index in [4.69, 9.17) is 4.74 Å². The van der Waals surface area contributed by atoms with Crippen LogP contribution < -0.4 is 5.32 Å². The highest BCUT2D eigenvalue weighted by Gasteiger charge is 2.41. The van der Waals surface area contributed by atoms with Crippen molar-refractivity contribution in [3.63, 3.8) is 0 Å². The normalized spacial score (nSPS) is 28.9. The van der Waals surface area contributed by atoms with Crippen molar-refractivity contribution in [2.45, 2.75) is 50.7 Å². The Bertz CT molecular complexity index is 1320. The van der Waals surface area contributed by atoms with E-state index < -0.39 is 35.8 Å². The Morgan fingerprint density at radius 1 is 1.11 bits per heavy atom. The highest BCUT2D eigenvalue weighted by molar-refractivity contribution is 6.32. The Morgan fingerprint density at radius 2 is 1.81 bits per heavy atom. The number of amides is 2. The second kappa shape index (κ2) is 8.55. The van der Waals surface area contributed by atoms with E-state index in [1.54, 1.807) is 43.3 Å². The number of anilines is 1. The number of fused-ring (bicyclic) bond motifs is 1. The van der Waals surface area contributed by atoms with Crippen LogP contribution in [-0.2, 0) is 9.53 Å². The zero-order valence-electron chi connectivity index (χ0n) is 20.0. The fraction of sp³-hybridized carbons (Fsp3) is 0.333. The molecule has 4 N–H and O–H groups in total. The number of halogens is 1. The smallest absolute Gasteiger partial charge is 0.260 e. The maximum atomic E-state index is 13.6. The van der Waals surface area contributed by atoms with Crippen LogP contribution in [0, 0.1) is 5.82 Å². The number of likely N-dealkylation sites (tertiary alicyclic amines) is 1. The predicted octanol–water partition coefficient (Wildman–Crippen LogP) is 2.31. The topological polar surface area (TPSA) is 119 Å². The molecule has 3 heterocycles. The van der Waals surface area contributed by atoms with Crippen LogP contribution in [0.15, 0.2) is 54.3 Å². The number of nitrogens with one attached hydrogen (secondary N) is 1. The molecular weight excluding hydrogens is 467 g/mol. The number of hydrogen-bond donors (Lipinski definition) is 4. The predicted molar refractivity (Wildman–Crippen MR) is 130 cm³/mol. The first-order valence-corrected chi connectivity index (χ1v) is 11.7. The van der Waals surface area contributed by atoms with Gasteiger partial charge >= 0.3 is 0 Å². The molecule has 0 spiro atoms. The molecule has 3 aliphatic rings. The van der Waals surface area contributed by atoms with Gasteiger partial charge in [0.15, 0.2) is 0 Å². The maximum absolute atomic E-state index is 13.6. The van der Waals surface area contributed by atoms with Crippen LogP contribution >= 0.6 is 0 Å². The number of nitrogens with zero attached hydrogens (tertiary/aromatic N) is 1. The minimum absolute atomic E-state index is 0.0869. The van der Waals surface area contributed by atoms with E-state index in [9.17, 15) is 29.3 Å². The summed E-state index contributed by atoms with van der Waals surface area (Å²) in [6, 6.07) is 10.3. The molecule has 2 amide bonds. The molecule has 1 saturated heterocycles. The van der Waals surface area contributed by atoms with Gasteiger partial charge < -0.3 is 30.3 Å². The van der Waals surface area contributed by atoms with E-state index in [1.807, 2.05) is 13.8 Å². The van der Waals surface area contributed by atoms with Gasteiger partial charge in [-0.3, -0.25) is 9.59 Å². The summed E-state index contributed by atoms with van der Waals surface area (Å²) in [5.74, 6) is -0.811. The standard InChI is InChI=1S/C27H27FN2O6/c1-13-23(32)24(33)20(31)12-30(13)26(35)15-6-4-14(5-7-15)18-11-21(36-27(18,2)3)22-17-9-8-16(28)10-19(17)29-25(22)34/h4-11,13,20,23-24,31-33H,12H2,1-3H3,(H,29,34)/t13-,20+,23+,24-/m0/s1. The maximum Gasteiger partial charge on any atom is 0.260 e. The lowest BCUT2D eigenvalue weighted by atomic mass is 9.91. The molecule has 2 aromatic rings. The van der Waals surface area contributed by atoms with E-state index in [-0.39, 0.29) is 18.4 Å². The number of benzene rings is 2. The van der Waals surface area contributed by atoms with Crippen molar-refractivity contribution in [3.8, 4) is 0 Å². The monoisotopic (exact) mass is 494 g/mol. The van der Waals surface area contributed by atoms with Crippen LogP contribution in [0.4, 0.5) is 10.1 Å². The third kappa shape index (κ3) is 3.89. The van der Waals surface area contributed by atoms with Gasteiger partial charge in [0.25, 0.3) is 11.8 Å². The Morgan fingerprint density at radius 3 is 2.50 bits per heavy atom. The molecule has 9 heteroatoms. The number of carbonyl (C=O) groups is 2. The van der Waals surface area contributed by atoms with Crippen molar-refractivity contribution in [1.29, 1.82) is 0 Å².